The maximum Gasteiger partial charge on any atom is 0.325 e. The number of hydrogen-bond donors (Lipinski definition) is 2. The Morgan fingerprint density at radius 2 is 1.97 bits per heavy atom. The first kappa shape index (κ1) is 21.1. The third-order valence-electron chi connectivity index (χ3n) is 5.27. The summed E-state index contributed by atoms with van der Waals surface area (Å²) in [5.41, 5.74) is -0.315. The monoisotopic (exact) mass is 421 g/mol. The topological polar surface area (TPSA) is 105 Å². The number of carbonyl (C=O) groups excluding carboxylic acids is 4. The van der Waals surface area contributed by atoms with Gasteiger partial charge in [0.25, 0.3) is 11.8 Å². The lowest BCUT2D eigenvalue weighted by Gasteiger charge is -2.20. The van der Waals surface area contributed by atoms with Gasteiger partial charge in [0.15, 0.2) is 6.10 Å². The predicted molar refractivity (Wildman–Crippen MR) is 106 cm³/mol. The second-order valence-electron chi connectivity index (χ2n) is 7.38. The number of para-hydroxylation sites is 1. The summed E-state index contributed by atoms with van der Waals surface area (Å²) in [7, 11) is 0. The van der Waals surface area contributed by atoms with E-state index in [1.807, 2.05) is 0 Å². The third kappa shape index (κ3) is 4.70. The highest BCUT2D eigenvalue weighted by Crippen LogP contribution is 2.35. The van der Waals surface area contributed by atoms with E-state index in [1.54, 1.807) is 24.3 Å². The molecular formula is C20H24ClN3O5. The molecule has 29 heavy (non-hydrogen) atoms. The first-order valence-electron chi connectivity index (χ1n) is 9.71. The molecule has 0 radical (unpaired) electrons. The molecule has 0 bridgehead atoms. The summed E-state index contributed by atoms with van der Waals surface area (Å²) in [5, 5.41) is 5.78. The zero-order chi connectivity index (χ0) is 21.0. The number of anilines is 1. The normalized spacial score (nSPS) is 18.6. The van der Waals surface area contributed by atoms with Crippen LogP contribution in [0.5, 0.6) is 0 Å². The van der Waals surface area contributed by atoms with Gasteiger partial charge in [0.1, 0.15) is 5.54 Å². The molecule has 0 unspecified atom stereocenters. The Bertz CT molecular complexity index is 822. The van der Waals surface area contributed by atoms with Crippen LogP contribution < -0.4 is 10.6 Å². The van der Waals surface area contributed by atoms with Crippen LogP contribution in [0.3, 0.4) is 0 Å². The van der Waals surface area contributed by atoms with Crippen molar-refractivity contribution in [3.63, 3.8) is 0 Å². The van der Waals surface area contributed by atoms with Gasteiger partial charge in [-0.25, -0.2) is 4.79 Å². The van der Waals surface area contributed by atoms with E-state index in [1.165, 1.54) is 11.8 Å². The molecule has 1 spiro atoms. The molecule has 2 fully saturated rings. The number of amides is 4. The largest absolute Gasteiger partial charge is 0.453 e. The molecule has 3 rings (SSSR count). The Morgan fingerprint density at radius 1 is 1.28 bits per heavy atom. The van der Waals surface area contributed by atoms with Crippen LogP contribution in [0.15, 0.2) is 24.3 Å². The van der Waals surface area contributed by atoms with Crippen LogP contribution in [0.2, 0.25) is 5.02 Å². The quantitative estimate of drug-likeness (QED) is 0.520. The highest BCUT2D eigenvalue weighted by atomic mass is 35.5. The van der Waals surface area contributed by atoms with Crippen molar-refractivity contribution < 1.29 is 23.9 Å². The van der Waals surface area contributed by atoms with Gasteiger partial charge >= 0.3 is 12.0 Å². The van der Waals surface area contributed by atoms with Gasteiger partial charge < -0.3 is 15.4 Å². The van der Waals surface area contributed by atoms with Gasteiger partial charge in [-0.3, -0.25) is 19.3 Å². The number of nitrogens with one attached hydrogen (secondary N) is 2. The first-order chi connectivity index (χ1) is 13.8. The maximum atomic E-state index is 12.5. The minimum atomic E-state index is -1.00. The molecule has 8 nitrogen and oxygen atoms in total. The third-order valence-corrected chi connectivity index (χ3v) is 5.60. The molecule has 1 heterocycles. The van der Waals surface area contributed by atoms with Crippen molar-refractivity contribution in [1.29, 1.82) is 0 Å². The Kier molecular flexibility index (Phi) is 6.42. The molecule has 156 valence electrons. The summed E-state index contributed by atoms with van der Waals surface area (Å²) in [5.74, 6) is -1.28. The highest BCUT2D eigenvalue weighted by molar-refractivity contribution is 6.33. The molecule has 1 saturated carbocycles. The van der Waals surface area contributed by atoms with Crippen LogP contribution in [0, 0.1) is 0 Å². The molecule has 4 amide bonds. The summed E-state index contributed by atoms with van der Waals surface area (Å²) in [6, 6.07) is 6.34. The summed E-state index contributed by atoms with van der Waals surface area (Å²) >= 11 is 5.99. The number of rotatable bonds is 7. The van der Waals surface area contributed by atoms with Gasteiger partial charge in [-0.2, -0.15) is 0 Å². The molecule has 9 heteroatoms. The lowest BCUT2D eigenvalue weighted by Crippen LogP contribution is -2.44. The van der Waals surface area contributed by atoms with E-state index in [4.69, 9.17) is 16.3 Å². The molecule has 1 aromatic rings. The number of hydrogen-bond acceptors (Lipinski definition) is 5. The predicted octanol–water partition coefficient (Wildman–Crippen LogP) is 2.86. The van der Waals surface area contributed by atoms with Crippen LogP contribution >= 0.6 is 11.6 Å². The zero-order valence-electron chi connectivity index (χ0n) is 16.2. The van der Waals surface area contributed by atoms with Crippen LogP contribution in [-0.4, -0.2) is 46.9 Å². The minimum Gasteiger partial charge on any atom is -0.453 e. The summed E-state index contributed by atoms with van der Waals surface area (Å²) in [4.78, 5) is 50.0. The van der Waals surface area contributed by atoms with Gasteiger partial charge in [0.2, 0.25) is 0 Å². The number of ether oxygens (including phenoxy) is 1. The molecule has 1 aliphatic carbocycles. The second kappa shape index (κ2) is 8.82. The lowest BCUT2D eigenvalue weighted by molar-refractivity contribution is -0.153. The van der Waals surface area contributed by atoms with Crippen molar-refractivity contribution in [1.82, 2.24) is 10.2 Å². The number of halogens is 1. The molecule has 1 aliphatic heterocycles. The van der Waals surface area contributed by atoms with E-state index in [0.29, 0.717) is 23.6 Å². The average Bonchev–Trinajstić information content (AvgIpc) is 3.24. The molecule has 1 atom stereocenters. The Hall–Kier alpha value is -2.61. The average molecular weight is 422 g/mol. The Balaban J connectivity index is 1.43. The smallest absolute Gasteiger partial charge is 0.325 e. The molecule has 0 aromatic heterocycles. The van der Waals surface area contributed by atoms with Crippen molar-refractivity contribution in [2.24, 2.45) is 0 Å². The molecular weight excluding hydrogens is 398 g/mol. The van der Waals surface area contributed by atoms with Crippen molar-refractivity contribution in [3.8, 4) is 0 Å². The van der Waals surface area contributed by atoms with Gasteiger partial charge in [-0.15, -0.1) is 0 Å². The number of imide groups is 1. The number of esters is 1. The van der Waals surface area contributed by atoms with Gasteiger partial charge in [0, 0.05) is 13.0 Å². The van der Waals surface area contributed by atoms with Crippen LogP contribution in [0.4, 0.5) is 10.5 Å². The fraction of sp³-hybridized carbons (Fsp3) is 0.500. The van der Waals surface area contributed by atoms with E-state index < -0.39 is 29.6 Å². The van der Waals surface area contributed by atoms with E-state index in [0.717, 1.165) is 12.8 Å². The lowest BCUT2D eigenvalue weighted by atomic mass is 9.98. The zero-order valence-corrected chi connectivity index (χ0v) is 17.0. The van der Waals surface area contributed by atoms with Gasteiger partial charge in [-0.05, 0) is 38.3 Å². The van der Waals surface area contributed by atoms with Crippen molar-refractivity contribution in [2.75, 3.05) is 11.9 Å². The summed E-state index contributed by atoms with van der Waals surface area (Å²) in [6.07, 6.45) is 2.42. The Morgan fingerprint density at radius 3 is 2.66 bits per heavy atom. The van der Waals surface area contributed by atoms with Gasteiger partial charge in [0.05, 0.1) is 10.7 Å². The van der Waals surface area contributed by atoms with E-state index in [2.05, 4.69) is 10.6 Å². The van der Waals surface area contributed by atoms with Crippen LogP contribution in [0.1, 0.15) is 45.4 Å². The molecule has 2 N–H and O–H groups in total. The van der Waals surface area contributed by atoms with Crippen LogP contribution in [0.25, 0.3) is 0 Å². The van der Waals surface area contributed by atoms with Crippen molar-refractivity contribution in [3.05, 3.63) is 29.3 Å². The Labute approximate surface area is 173 Å². The second-order valence-corrected chi connectivity index (χ2v) is 7.79. The SMILES string of the molecule is C[C@@H](OC(=O)CCCN1C(=O)NC2(CCCC2)C1=O)C(=O)Nc1ccccc1Cl. The molecule has 1 saturated heterocycles. The first-order valence-corrected chi connectivity index (χ1v) is 10.1. The van der Waals surface area contributed by atoms with Crippen molar-refractivity contribution in [2.45, 2.75) is 57.1 Å². The molecule has 1 aromatic carbocycles. The standard InChI is InChI=1S/C20H24ClN3O5/c1-13(17(26)22-15-8-3-2-7-14(15)21)29-16(25)9-6-12-24-18(27)20(23-19(24)28)10-4-5-11-20/h2-3,7-8,13H,4-6,9-12H2,1H3,(H,22,26)(H,23,28)/t13-/m1/s1. The summed E-state index contributed by atoms with van der Waals surface area (Å²) in [6.45, 7) is 1.60. The van der Waals surface area contributed by atoms with E-state index >= 15 is 0 Å². The minimum absolute atomic E-state index is 0.00618. The molecule has 2 aliphatic rings. The van der Waals surface area contributed by atoms with Crippen molar-refractivity contribution >= 4 is 41.1 Å². The fourth-order valence-electron chi connectivity index (χ4n) is 3.68. The fourth-order valence-corrected chi connectivity index (χ4v) is 3.87. The van der Waals surface area contributed by atoms with E-state index in [9.17, 15) is 19.2 Å². The number of nitrogens with zero attached hydrogens (tertiary/aromatic N) is 1. The van der Waals surface area contributed by atoms with Gasteiger partial charge in [-0.1, -0.05) is 36.6 Å². The maximum absolute atomic E-state index is 12.5. The summed E-state index contributed by atoms with van der Waals surface area (Å²) < 4.78 is 5.14. The number of carbonyl (C=O) groups is 4. The number of urea groups is 1. The number of benzene rings is 1. The van der Waals surface area contributed by atoms with E-state index in [-0.39, 0.29) is 25.3 Å². The highest BCUT2D eigenvalue weighted by Gasteiger charge is 2.52. The van der Waals surface area contributed by atoms with Crippen LogP contribution in [-0.2, 0) is 19.1 Å².